The Bertz CT molecular complexity index is 564. The molecule has 5 heteroatoms. The van der Waals surface area contributed by atoms with Crippen molar-refractivity contribution in [1.82, 2.24) is 0 Å². The van der Waals surface area contributed by atoms with Gasteiger partial charge in [0.2, 0.25) is 0 Å². The third-order valence-electron chi connectivity index (χ3n) is 4.68. The molecule has 0 fully saturated rings. The highest BCUT2D eigenvalue weighted by atomic mass is 19.4. The average Bonchev–Trinajstić information content (AvgIpc) is 2.61. The van der Waals surface area contributed by atoms with E-state index in [1.165, 1.54) is 12.1 Å². The predicted octanol–water partition coefficient (Wildman–Crippen LogP) is 6.20. The highest BCUT2D eigenvalue weighted by Crippen LogP contribution is 2.34. The zero-order chi connectivity index (χ0) is 19.6. The van der Waals surface area contributed by atoms with Crippen LogP contribution in [0.5, 0.6) is 0 Å². The molecule has 26 heavy (non-hydrogen) atoms. The maximum absolute atomic E-state index is 12.6. The first kappa shape index (κ1) is 22.4. The van der Waals surface area contributed by atoms with Crippen molar-refractivity contribution in [3.63, 3.8) is 0 Å². The normalized spacial score (nSPS) is 15.8. The van der Waals surface area contributed by atoms with Gasteiger partial charge in [-0.2, -0.15) is 13.2 Å². The Balaban J connectivity index is 2.49. The lowest BCUT2D eigenvalue weighted by Crippen LogP contribution is -2.20. The zero-order valence-corrected chi connectivity index (χ0v) is 15.8. The lowest BCUT2D eigenvalue weighted by molar-refractivity contribution is -0.137. The van der Waals surface area contributed by atoms with Crippen LogP contribution in [0.1, 0.15) is 57.6 Å². The maximum Gasteiger partial charge on any atom is 0.416 e. The molecule has 0 heterocycles. The van der Waals surface area contributed by atoms with Crippen molar-refractivity contribution in [2.75, 3.05) is 6.61 Å². The first-order valence-corrected chi connectivity index (χ1v) is 9.00. The minimum atomic E-state index is -4.31. The molecule has 0 spiro atoms. The van der Waals surface area contributed by atoms with Crippen molar-refractivity contribution in [1.29, 1.82) is 0 Å². The minimum absolute atomic E-state index is 0.0456. The summed E-state index contributed by atoms with van der Waals surface area (Å²) in [6, 6.07) is 5.06. The quantitative estimate of drug-likeness (QED) is 0.263. The second-order valence-corrected chi connectivity index (χ2v) is 7.23. The summed E-state index contributed by atoms with van der Waals surface area (Å²) >= 11 is 0. The second kappa shape index (κ2) is 10.5. The van der Waals surface area contributed by atoms with E-state index in [0.717, 1.165) is 49.7 Å². The summed E-state index contributed by atoms with van der Waals surface area (Å²) in [4.78, 5) is 10.8. The largest absolute Gasteiger partial charge is 0.416 e. The van der Waals surface area contributed by atoms with Crippen LogP contribution in [0.15, 0.2) is 36.4 Å². The van der Waals surface area contributed by atoms with Crippen LogP contribution in [0.25, 0.3) is 0 Å². The molecule has 0 aliphatic rings. The highest BCUT2D eigenvalue weighted by Gasteiger charge is 2.30. The summed E-state index contributed by atoms with van der Waals surface area (Å²) < 4.78 is 43.3. The predicted molar refractivity (Wildman–Crippen MR) is 97.7 cm³/mol. The number of carbonyl (C=O) groups is 1. The smallest absolute Gasteiger partial charge is 0.377 e. The molecule has 0 amide bonds. The molecule has 1 aromatic rings. The van der Waals surface area contributed by atoms with Crippen LogP contribution in [0, 0.1) is 11.3 Å². The molecule has 0 radical (unpaired) electrons. The number of carbonyl (C=O) groups excluding carboxylic acids is 1. The number of hydrogen-bond acceptors (Lipinski definition) is 2. The van der Waals surface area contributed by atoms with Gasteiger partial charge in [0.1, 0.15) is 6.29 Å². The number of ether oxygens (including phenoxy) is 1. The van der Waals surface area contributed by atoms with Crippen molar-refractivity contribution >= 4 is 6.29 Å². The summed E-state index contributed by atoms with van der Waals surface area (Å²) in [7, 11) is 0. The van der Waals surface area contributed by atoms with Gasteiger partial charge in [-0.25, -0.2) is 0 Å². The number of allylic oxidation sites excluding steroid dienone is 2. The van der Waals surface area contributed by atoms with Crippen molar-refractivity contribution in [3.05, 3.63) is 47.5 Å². The maximum atomic E-state index is 12.6. The standard InChI is InChI=1S/C21H29F3O2/c1-4-5-11-20(3,12-10-17(2)15-25)13-14-26-16-18-6-8-19(9-7-18)21(22,23)24/h4-9,15,17H,10-14,16H2,1-3H3/b5-4-. The van der Waals surface area contributed by atoms with Crippen molar-refractivity contribution < 1.29 is 22.7 Å². The Morgan fingerprint density at radius 2 is 1.81 bits per heavy atom. The van der Waals surface area contributed by atoms with Crippen molar-refractivity contribution in [2.45, 2.75) is 59.2 Å². The van der Waals surface area contributed by atoms with Gasteiger partial charge in [0.05, 0.1) is 12.2 Å². The molecule has 0 bridgehead atoms. The van der Waals surface area contributed by atoms with Crippen LogP contribution in [-0.4, -0.2) is 12.9 Å². The first-order chi connectivity index (χ1) is 12.2. The number of halogens is 3. The SMILES string of the molecule is C/C=C\CC(C)(CCOCc1ccc(C(F)(F)F)cc1)CCC(C)C=O. The third-order valence-corrected chi connectivity index (χ3v) is 4.68. The Labute approximate surface area is 154 Å². The summed E-state index contributed by atoms with van der Waals surface area (Å²) in [6.07, 6.45) is 4.34. The van der Waals surface area contributed by atoms with Crippen molar-refractivity contribution in [3.8, 4) is 0 Å². The third kappa shape index (κ3) is 8.17. The summed E-state index contributed by atoms with van der Waals surface area (Å²) in [6.45, 7) is 6.92. The number of rotatable bonds is 11. The molecule has 0 saturated heterocycles. The molecule has 0 aliphatic heterocycles. The van der Waals surface area contributed by atoms with Crippen LogP contribution in [-0.2, 0) is 22.3 Å². The van der Waals surface area contributed by atoms with Gasteiger partial charge in [0.25, 0.3) is 0 Å². The van der Waals surface area contributed by atoms with Gasteiger partial charge in [0.15, 0.2) is 0 Å². The van der Waals surface area contributed by atoms with Crippen LogP contribution in [0.4, 0.5) is 13.2 Å². The van der Waals surface area contributed by atoms with Gasteiger partial charge in [-0.1, -0.05) is 38.1 Å². The molecule has 0 saturated carbocycles. The fourth-order valence-corrected chi connectivity index (χ4v) is 2.67. The van der Waals surface area contributed by atoms with Gasteiger partial charge < -0.3 is 9.53 Å². The number of aldehydes is 1. The van der Waals surface area contributed by atoms with E-state index in [1.807, 2.05) is 19.9 Å². The Morgan fingerprint density at radius 3 is 2.35 bits per heavy atom. The highest BCUT2D eigenvalue weighted by molar-refractivity contribution is 5.52. The molecular weight excluding hydrogens is 341 g/mol. The van der Waals surface area contributed by atoms with Gasteiger partial charge in [-0.05, 0) is 55.7 Å². The monoisotopic (exact) mass is 370 g/mol. The van der Waals surface area contributed by atoms with E-state index < -0.39 is 11.7 Å². The van der Waals surface area contributed by atoms with Crippen LogP contribution < -0.4 is 0 Å². The number of benzene rings is 1. The Kier molecular flexibility index (Phi) is 9.06. The fraction of sp³-hybridized carbons (Fsp3) is 0.571. The van der Waals surface area contributed by atoms with Crippen LogP contribution >= 0.6 is 0 Å². The lowest BCUT2D eigenvalue weighted by Gasteiger charge is -2.29. The first-order valence-electron chi connectivity index (χ1n) is 9.00. The van der Waals surface area contributed by atoms with E-state index in [4.69, 9.17) is 4.74 Å². The Morgan fingerprint density at radius 1 is 1.15 bits per heavy atom. The van der Waals surface area contributed by atoms with Crippen LogP contribution in [0.3, 0.4) is 0 Å². The molecule has 1 rings (SSSR count). The second-order valence-electron chi connectivity index (χ2n) is 7.23. The van der Waals surface area contributed by atoms with E-state index in [2.05, 4.69) is 13.0 Å². The van der Waals surface area contributed by atoms with E-state index in [0.29, 0.717) is 13.2 Å². The van der Waals surface area contributed by atoms with Gasteiger partial charge in [-0.15, -0.1) is 0 Å². The average molecular weight is 370 g/mol. The minimum Gasteiger partial charge on any atom is -0.377 e. The topological polar surface area (TPSA) is 26.3 Å². The molecule has 1 aromatic carbocycles. The number of hydrogen-bond donors (Lipinski definition) is 0. The van der Waals surface area contributed by atoms with E-state index in [1.54, 1.807) is 0 Å². The van der Waals surface area contributed by atoms with Crippen LogP contribution in [0.2, 0.25) is 0 Å². The van der Waals surface area contributed by atoms with Gasteiger partial charge in [-0.3, -0.25) is 0 Å². The fourth-order valence-electron chi connectivity index (χ4n) is 2.67. The van der Waals surface area contributed by atoms with Gasteiger partial charge in [0, 0.05) is 12.5 Å². The van der Waals surface area contributed by atoms with E-state index in [-0.39, 0.29) is 11.3 Å². The molecular formula is C21H29F3O2. The number of alkyl halides is 3. The molecule has 2 unspecified atom stereocenters. The van der Waals surface area contributed by atoms with E-state index in [9.17, 15) is 18.0 Å². The molecule has 2 atom stereocenters. The molecule has 146 valence electrons. The van der Waals surface area contributed by atoms with E-state index >= 15 is 0 Å². The summed E-state index contributed by atoms with van der Waals surface area (Å²) in [5.74, 6) is 0.0491. The molecule has 0 N–H and O–H groups in total. The summed E-state index contributed by atoms with van der Waals surface area (Å²) in [5.41, 5.74) is 0.122. The lowest BCUT2D eigenvalue weighted by atomic mass is 9.78. The zero-order valence-electron chi connectivity index (χ0n) is 15.8. The molecule has 0 aromatic heterocycles. The molecule has 0 aliphatic carbocycles. The Hall–Kier alpha value is -1.62. The van der Waals surface area contributed by atoms with Crippen molar-refractivity contribution in [2.24, 2.45) is 11.3 Å². The molecule has 2 nitrogen and oxygen atoms in total. The van der Waals surface area contributed by atoms with Gasteiger partial charge >= 0.3 is 6.18 Å². The summed E-state index contributed by atoms with van der Waals surface area (Å²) in [5, 5.41) is 0.